The summed E-state index contributed by atoms with van der Waals surface area (Å²) in [6, 6.07) is 7.45. The van der Waals surface area contributed by atoms with Crippen molar-refractivity contribution in [3.05, 3.63) is 54.4 Å². The summed E-state index contributed by atoms with van der Waals surface area (Å²) in [5.41, 5.74) is 1.44. The van der Waals surface area contributed by atoms with Crippen molar-refractivity contribution in [2.45, 2.75) is 18.8 Å². The van der Waals surface area contributed by atoms with Crippen LogP contribution >= 0.6 is 0 Å². The van der Waals surface area contributed by atoms with E-state index < -0.39 is 0 Å². The van der Waals surface area contributed by atoms with Crippen molar-refractivity contribution >= 4 is 5.91 Å². The van der Waals surface area contributed by atoms with Crippen LogP contribution in [0, 0.1) is 5.41 Å². The lowest BCUT2D eigenvalue weighted by molar-refractivity contribution is 0.00903. The molecule has 1 atom stereocenters. The number of amides is 1. The van der Waals surface area contributed by atoms with Crippen LogP contribution in [0.5, 0.6) is 0 Å². The van der Waals surface area contributed by atoms with Gasteiger partial charge in [-0.15, -0.1) is 10.2 Å². The number of aryl methyl sites for hydroxylation is 1. The molecule has 1 unspecified atom stereocenters. The van der Waals surface area contributed by atoms with Crippen LogP contribution in [0.15, 0.2) is 47.3 Å². The van der Waals surface area contributed by atoms with Gasteiger partial charge >= 0.3 is 0 Å². The quantitative estimate of drug-likeness (QED) is 0.680. The van der Waals surface area contributed by atoms with E-state index >= 15 is 0 Å². The first kappa shape index (κ1) is 18.1. The SMILES string of the molecule is Cn1cccc1C(=O)N1CC(c2nnc(-c3ccncc3)o2)C2(CCOCC2)C1. The van der Waals surface area contributed by atoms with E-state index in [9.17, 15) is 4.79 Å². The lowest BCUT2D eigenvalue weighted by atomic mass is 9.72. The van der Waals surface area contributed by atoms with Gasteiger partial charge in [-0.2, -0.15) is 0 Å². The summed E-state index contributed by atoms with van der Waals surface area (Å²) in [6.45, 7) is 2.63. The average Bonchev–Trinajstić information content (AvgIpc) is 3.48. The van der Waals surface area contributed by atoms with Crippen molar-refractivity contribution in [3.8, 4) is 11.5 Å². The summed E-state index contributed by atoms with van der Waals surface area (Å²) >= 11 is 0. The van der Waals surface area contributed by atoms with Crippen molar-refractivity contribution in [3.63, 3.8) is 0 Å². The van der Waals surface area contributed by atoms with E-state index in [4.69, 9.17) is 9.15 Å². The third-order valence-electron chi connectivity index (χ3n) is 6.25. The van der Waals surface area contributed by atoms with Gasteiger partial charge in [0.1, 0.15) is 5.69 Å². The summed E-state index contributed by atoms with van der Waals surface area (Å²) in [6.07, 6.45) is 7.05. The van der Waals surface area contributed by atoms with Crippen molar-refractivity contribution in [1.29, 1.82) is 0 Å². The molecule has 0 aliphatic carbocycles. The van der Waals surface area contributed by atoms with Crippen LogP contribution in [0.3, 0.4) is 0 Å². The second-order valence-electron chi connectivity index (χ2n) is 7.90. The molecule has 1 amide bonds. The lowest BCUT2D eigenvalue weighted by Gasteiger charge is -2.36. The van der Waals surface area contributed by atoms with E-state index in [1.165, 1.54) is 0 Å². The normalized spacial score (nSPS) is 21.0. The molecule has 1 spiro atoms. The third kappa shape index (κ3) is 3.13. The molecule has 2 saturated heterocycles. The van der Waals surface area contributed by atoms with Gasteiger partial charge < -0.3 is 18.6 Å². The molecule has 0 saturated carbocycles. The maximum atomic E-state index is 13.2. The molecule has 8 nitrogen and oxygen atoms in total. The number of carbonyl (C=O) groups is 1. The van der Waals surface area contributed by atoms with Gasteiger partial charge in [-0.05, 0) is 37.1 Å². The Bertz CT molecular complexity index is 1010. The van der Waals surface area contributed by atoms with Gasteiger partial charge in [0.2, 0.25) is 11.8 Å². The fourth-order valence-electron chi connectivity index (χ4n) is 4.58. The number of rotatable bonds is 3. The maximum Gasteiger partial charge on any atom is 0.270 e. The zero-order valence-corrected chi connectivity index (χ0v) is 16.3. The highest BCUT2D eigenvalue weighted by Crippen LogP contribution is 2.49. The summed E-state index contributed by atoms with van der Waals surface area (Å²) in [7, 11) is 1.89. The van der Waals surface area contributed by atoms with Crippen LogP contribution in [0.2, 0.25) is 0 Å². The number of pyridine rings is 1. The summed E-state index contributed by atoms with van der Waals surface area (Å²) < 4.78 is 13.6. The van der Waals surface area contributed by atoms with Crippen LogP contribution in [0.1, 0.15) is 35.1 Å². The topological polar surface area (TPSA) is 86.3 Å². The third-order valence-corrected chi connectivity index (χ3v) is 6.25. The number of hydrogen-bond donors (Lipinski definition) is 0. The van der Waals surface area contributed by atoms with Gasteiger partial charge in [-0.1, -0.05) is 0 Å². The van der Waals surface area contributed by atoms with Gasteiger partial charge in [-0.3, -0.25) is 9.78 Å². The minimum absolute atomic E-state index is 0.00120. The maximum absolute atomic E-state index is 13.2. The molecule has 0 aromatic carbocycles. The number of aromatic nitrogens is 4. The largest absolute Gasteiger partial charge is 0.420 e. The van der Waals surface area contributed by atoms with Crippen LogP contribution < -0.4 is 0 Å². The molecule has 29 heavy (non-hydrogen) atoms. The second kappa shape index (κ2) is 7.11. The first-order chi connectivity index (χ1) is 14.2. The fraction of sp³-hybridized carbons (Fsp3) is 0.429. The minimum atomic E-state index is -0.0961. The van der Waals surface area contributed by atoms with E-state index in [2.05, 4.69) is 15.2 Å². The van der Waals surface area contributed by atoms with E-state index in [0.29, 0.717) is 43.8 Å². The average molecular weight is 393 g/mol. The predicted molar refractivity (Wildman–Crippen MR) is 104 cm³/mol. The lowest BCUT2D eigenvalue weighted by Crippen LogP contribution is -2.37. The van der Waals surface area contributed by atoms with Gasteiger partial charge in [0.25, 0.3) is 5.91 Å². The molecule has 0 N–H and O–H groups in total. The van der Waals surface area contributed by atoms with Crippen LogP contribution in [-0.2, 0) is 11.8 Å². The Morgan fingerprint density at radius 1 is 1.17 bits per heavy atom. The highest BCUT2D eigenvalue weighted by molar-refractivity contribution is 5.93. The summed E-state index contributed by atoms with van der Waals surface area (Å²) in [5.74, 6) is 1.12. The van der Waals surface area contributed by atoms with E-state index in [1.807, 2.05) is 47.0 Å². The van der Waals surface area contributed by atoms with Crippen LogP contribution in [-0.4, -0.2) is 56.9 Å². The molecule has 3 aromatic rings. The molecule has 2 aliphatic rings. The van der Waals surface area contributed by atoms with Gasteiger partial charge in [0, 0.05) is 62.9 Å². The number of carbonyl (C=O) groups excluding carboxylic acids is 1. The minimum Gasteiger partial charge on any atom is -0.420 e. The number of likely N-dealkylation sites (tertiary alicyclic amines) is 1. The molecular weight excluding hydrogens is 370 g/mol. The summed E-state index contributed by atoms with van der Waals surface area (Å²) in [5, 5.41) is 8.64. The zero-order valence-electron chi connectivity index (χ0n) is 16.3. The predicted octanol–water partition coefficient (Wildman–Crippen LogP) is 2.51. The number of nitrogens with zero attached hydrogens (tertiary/aromatic N) is 5. The second-order valence-corrected chi connectivity index (χ2v) is 7.90. The number of ether oxygens (including phenoxy) is 1. The molecule has 0 radical (unpaired) electrons. The molecule has 3 aromatic heterocycles. The van der Waals surface area contributed by atoms with Gasteiger partial charge in [-0.25, -0.2) is 0 Å². The highest BCUT2D eigenvalue weighted by atomic mass is 16.5. The Morgan fingerprint density at radius 2 is 1.97 bits per heavy atom. The first-order valence-electron chi connectivity index (χ1n) is 9.88. The van der Waals surface area contributed by atoms with Crippen molar-refractivity contribution in [1.82, 2.24) is 24.6 Å². The standard InChI is InChI=1S/C21H23N5O3/c1-25-10-2-3-17(25)20(27)26-13-16(21(14-26)6-11-28-12-7-21)19-24-23-18(29-19)15-4-8-22-9-5-15/h2-5,8-10,16H,6-7,11-14H2,1H3. The Hall–Kier alpha value is -3.00. The number of hydrogen-bond acceptors (Lipinski definition) is 6. The Kier molecular flexibility index (Phi) is 4.43. The monoisotopic (exact) mass is 393 g/mol. The van der Waals surface area contributed by atoms with Gasteiger partial charge in [0.15, 0.2) is 0 Å². The highest BCUT2D eigenvalue weighted by Gasteiger charge is 2.51. The first-order valence-corrected chi connectivity index (χ1v) is 9.88. The van der Waals surface area contributed by atoms with Crippen molar-refractivity contribution in [2.24, 2.45) is 12.5 Å². The van der Waals surface area contributed by atoms with Gasteiger partial charge in [0.05, 0.1) is 5.92 Å². The van der Waals surface area contributed by atoms with Crippen LogP contribution in [0.4, 0.5) is 0 Å². The molecular formula is C21H23N5O3. The smallest absolute Gasteiger partial charge is 0.270 e. The molecule has 5 heterocycles. The molecule has 5 rings (SSSR count). The van der Waals surface area contributed by atoms with E-state index in [1.54, 1.807) is 12.4 Å². The molecule has 2 fully saturated rings. The van der Waals surface area contributed by atoms with Crippen LogP contribution in [0.25, 0.3) is 11.5 Å². The molecule has 2 aliphatic heterocycles. The van der Waals surface area contributed by atoms with Crippen molar-refractivity contribution in [2.75, 3.05) is 26.3 Å². The van der Waals surface area contributed by atoms with E-state index in [-0.39, 0.29) is 17.2 Å². The zero-order chi connectivity index (χ0) is 19.8. The fourth-order valence-corrected chi connectivity index (χ4v) is 4.58. The van der Waals surface area contributed by atoms with E-state index in [0.717, 1.165) is 18.4 Å². The Labute approximate surface area is 168 Å². The molecule has 0 bridgehead atoms. The Morgan fingerprint density at radius 3 is 2.69 bits per heavy atom. The summed E-state index contributed by atoms with van der Waals surface area (Å²) in [4.78, 5) is 19.1. The molecule has 150 valence electrons. The Balaban J connectivity index is 1.46. The molecule has 8 heteroatoms. The van der Waals surface area contributed by atoms with Crippen molar-refractivity contribution < 1.29 is 13.9 Å².